The molecule has 2 atom stereocenters. The summed E-state index contributed by atoms with van der Waals surface area (Å²) < 4.78 is 0. The number of amides is 2. The quantitative estimate of drug-likeness (QED) is 0.754. The van der Waals surface area contributed by atoms with Crippen LogP contribution in [0.5, 0.6) is 0 Å². The first-order valence-corrected chi connectivity index (χ1v) is 7.21. The molecule has 0 bridgehead atoms. The lowest BCUT2D eigenvalue weighted by Crippen LogP contribution is -2.46. The van der Waals surface area contributed by atoms with Crippen molar-refractivity contribution in [2.24, 2.45) is 5.92 Å². The van der Waals surface area contributed by atoms with Gasteiger partial charge in [-0.2, -0.15) is 0 Å². The van der Waals surface area contributed by atoms with Gasteiger partial charge in [0, 0.05) is 11.1 Å². The second-order valence-corrected chi connectivity index (χ2v) is 5.78. The Morgan fingerprint density at radius 2 is 1.71 bits per heavy atom. The van der Waals surface area contributed by atoms with Gasteiger partial charge in [0.15, 0.2) is 0 Å². The first kappa shape index (κ1) is 17.3. The van der Waals surface area contributed by atoms with Gasteiger partial charge in [-0.1, -0.05) is 37.6 Å². The van der Waals surface area contributed by atoms with E-state index in [9.17, 15) is 9.59 Å². The summed E-state index contributed by atoms with van der Waals surface area (Å²) in [6.07, 6.45) is -0.0968. The number of urea groups is 1. The Balaban J connectivity index is 2.58. The van der Waals surface area contributed by atoms with E-state index in [0.717, 1.165) is 5.56 Å². The highest BCUT2D eigenvalue weighted by Gasteiger charge is 2.20. The van der Waals surface area contributed by atoms with Gasteiger partial charge in [-0.15, -0.1) is 0 Å². The maximum Gasteiger partial charge on any atom is 0.315 e. The minimum Gasteiger partial charge on any atom is -0.481 e. The van der Waals surface area contributed by atoms with Crippen LogP contribution in [0.25, 0.3) is 0 Å². The number of halogens is 1. The Morgan fingerprint density at radius 1 is 1.14 bits per heavy atom. The Labute approximate surface area is 129 Å². The van der Waals surface area contributed by atoms with Crippen LogP contribution in [0, 0.1) is 5.92 Å². The number of benzene rings is 1. The molecule has 2 amide bonds. The Bertz CT molecular complexity index is 488. The molecular formula is C15H21ClN2O3. The van der Waals surface area contributed by atoms with Crippen molar-refractivity contribution in [1.29, 1.82) is 0 Å². The highest BCUT2D eigenvalue weighted by atomic mass is 35.5. The lowest BCUT2D eigenvalue weighted by atomic mass is 10.0. The predicted molar refractivity (Wildman–Crippen MR) is 82.4 cm³/mol. The summed E-state index contributed by atoms with van der Waals surface area (Å²) in [6, 6.07) is 6.22. The number of nitrogens with one attached hydrogen (secondary N) is 2. The van der Waals surface area contributed by atoms with Gasteiger partial charge in [-0.25, -0.2) is 4.79 Å². The molecule has 1 aromatic carbocycles. The SMILES string of the molecule is CC(NC(=O)NC(CC(=O)O)C(C)C)c1ccc(Cl)cc1. The highest BCUT2D eigenvalue weighted by molar-refractivity contribution is 6.30. The molecule has 1 aromatic rings. The number of carbonyl (C=O) groups is 2. The summed E-state index contributed by atoms with van der Waals surface area (Å²) in [6.45, 7) is 5.59. The normalized spacial score (nSPS) is 13.6. The van der Waals surface area contributed by atoms with Crippen LogP contribution < -0.4 is 10.6 Å². The van der Waals surface area contributed by atoms with Gasteiger partial charge in [0.2, 0.25) is 0 Å². The monoisotopic (exact) mass is 312 g/mol. The summed E-state index contributed by atoms with van der Waals surface area (Å²) in [4.78, 5) is 22.7. The molecule has 0 aliphatic heterocycles. The van der Waals surface area contributed by atoms with Crippen molar-refractivity contribution in [3.63, 3.8) is 0 Å². The molecule has 0 aliphatic rings. The van der Waals surface area contributed by atoms with Gasteiger partial charge in [0.05, 0.1) is 12.5 Å². The van der Waals surface area contributed by atoms with Gasteiger partial charge < -0.3 is 15.7 Å². The first-order chi connectivity index (χ1) is 9.79. The smallest absolute Gasteiger partial charge is 0.315 e. The largest absolute Gasteiger partial charge is 0.481 e. The van der Waals surface area contributed by atoms with Gasteiger partial charge in [0.1, 0.15) is 0 Å². The van der Waals surface area contributed by atoms with E-state index in [2.05, 4.69) is 10.6 Å². The van der Waals surface area contributed by atoms with Crippen molar-refractivity contribution < 1.29 is 14.7 Å². The van der Waals surface area contributed by atoms with Gasteiger partial charge in [0.25, 0.3) is 0 Å². The molecule has 5 nitrogen and oxygen atoms in total. The fraction of sp³-hybridized carbons (Fsp3) is 0.467. The van der Waals surface area contributed by atoms with Crippen LogP contribution in [-0.2, 0) is 4.79 Å². The number of carboxylic acids is 1. The average Bonchev–Trinajstić information content (AvgIpc) is 2.37. The molecule has 0 spiro atoms. The van der Waals surface area contributed by atoms with Crippen LogP contribution in [-0.4, -0.2) is 23.1 Å². The van der Waals surface area contributed by atoms with Crippen LogP contribution in [0.1, 0.15) is 38.8 Å². The van der Waals surface area contributed by atoms with E-state index in [4.69, 9.17) is 16.7 Å². The summed E-state index contributed by atoms with van der Waals surface area (Å²) in [7, 11) is 0. The molecule has 0 saturated heterocycles. The van der Waals surface area contributed by atoms with E-state index in [1.807, 2.05) is 32.9 Å². The van der Waals surface area contributed by atoms with Crippen LogP contribution in [0.4, 0.5) is 4.79 Å². The lowest BCUT2D eigenvalue weighted by Gasteiger charge is -2.22. The first-order valence-electron chi connectivity index (χ1n) is 6.84. The fourth-order valence-corrected chi connectivity index (χ4v) is 2.01. The number of rotatable bonds is 6. The molecule has 3 N–H and O–H groups in total. The van der Waals surface area contributed by atoms with Gasteiger partial charge in [-0.05, 0) is 30.5 Å². The number of hydrogen-bond acceptors (Lipinski definition) is 2. The minimum atomic E-state index is -0.931. The van der Waals surface area contributed by atoms with E-state index < -0.39 is 12.0 Å². The summed E-state index contributed by atoms with van der Waals surface area (Å²) in [5, 5.41) is 15.0. The maximum atomic E-state index is 11.9. The minimum absolute atomic E-state index is 0.0395. The molecule has 0 heterocycles. The van der Waals surface area contributed by atoms with Crippen molar-refractivity contribution in [3.8, 4) is 0 Å². The highest BCUT2D eigenvalue weighted by Crippen LogP contribution is 2.16. The van der Waals surface area contributed by atoms with E-state index in [1.165, 1.54) is 0 Å². The van der Waals surface area contributed by atoms with E-state index >= 15 is 0 Å². The third kappa shape index (κ3) is 6.04. The Kier molecular flexibility index (Phi) is 6.49. The van der Waals surface area contributed by atoms with Crippen molar-refractivity contribution >= 4 is 23.6 Å². The van der Waals surface area contributed by atoms with Crippen LogP contribution >= 0.6 is 11.6 Å². The van der Waals surface area contributed by atoms with Gasteiger partial charge >= 0.3 is 12.0 Å². The molecule has 116 valence electrons. The second-order valence-electron chi connectivity index (χ2n) is 5.34. The van der Waals surface area contributed by atoms with Crippen LogP contribution in [0.15, 0.2) is 24.3 Å². The lowest BCUT2D eigenvalue weighted by molar-refractivity contribution is -0.137. The van der Waals surface area contributed by atoms with Crippen LogP contribution in [0.3, 0.4) is 0 Å². The molecule has 1 rings (SSSR count). The molecule has 21 heavy (non-hydrogen) atoms. The maximum absolute atomic E-state index is 11.9. The number of aliphatic carboxylic acids is 1. The Morgan fingerprint density at radius 3 is 2.19 bits per heavy atom. The molecule has 0 fully saturated rings. The third-order valence-corrected chi connectivity index (χ3v) is 3.49. The Hall–Kier alpha value is -1.75. The van der Waals surface area contributed by atoms with Crippen molar-refractivity contribution in [2.75, 3.05) is 0 Å². The molecule has 2 unspecified atom stereocenters. The topological polar surface area (TPSA) is 78.4 Å². The summed E-state index contributed by atoms with van der Waals surface area (Å²) in [5.41, 5.74) is 0.925. The number of hydrogen-bond donors (Lipinski definition) is 3. The molecular weight excluding hydrogens is 292 g/mol. The number of carboxylic acid groups (broad SMARTS) is 1. The molecule has 0 saturated carbocycles. The van der Waals surface area contributed by atoms with Gasteiger partial charge in [-0.3, -0.25) is 4.79 Å². The zero-order chi connectivity index (χ0) is 16.0. The molecule has 0 aliphatic carbocycles. The zero-order valence-electron chi connectivity index (χ0n) is 12.4. The summed E-state index contributed by atoms with van der Waals surface area (Å²) >= 11 is 5.82. The molecule has 0 aromatic heterocycles. The summed E-state index contributed by atoms with van der Waals surface area (Å²) in [5.74, 6) is -0.891. The molecule has 0 radical (unpaired) electrons. The third-order valence-electron chi connectivity index (χ3n) is 3.23. The average molecular weight is 313 g/mol. The van der Waals surface area contributed by atoms with Crippen molar-refractivity contribution in [2.45, 2.75) is 39.3 Å². The van der Waals surface area contributed by atoms with E-state index in [-0.39, 0.29) is 24.4 Å². The number of carbonyl (C=O) groups excluding carboxylic acids is 1. The van der Waals surface area contributed by atoms with E-state index in [0.29, 0.717) is 5.02 Å². The molecule has 6 heteroatoms. The van der Waals surface area contributed by atoms with Crippen molar-refractivity contribution in [1.82, 2.24) is 10.6 Å². The van der Waals surface area contributed by atoms with Crippen LogP contribution in [0.2, 0.25) is 5.02 Å². The zero-order valence-corrected chi connectivity index (χ0v) is 13.1. The predicted octanol–water partition coefficient (Wildman–Crippen LogP) is 3.20. The standard InChI is InChI=1S/C15H21ClN2O3/c1-9(2)13(8-14(19)20)18-15(21)17-10(3)11-4-6-12(16)7-5-11/h4-7,9-10,13H,8H2,1-3H3,(H,19,20)(H2,17,18,21). The fourth-order valence-electron chi connectivity index (χ4n) is 1.88. The second kappa shape index (κ2) is 7.88. The van der Waals surface area contributed by atoms with Crippen molar-refractivity contribution in [3.05, 3.63) is 34.9 Å². The van der Waals surface area contributed by atoms with E-state index in [1.54, 1.807) is 12.1 Å².